The van der Waals surface area contributed by atoms with E-state index >= 15 is 0 Å². The van der Waals surface area contributed by atoms with Gasteiger partial charge in [0.15, 0.2) is 0 Å². The van der Waals surface area contributed by atoms with Gasteiger partial charge in [0.2, 0.25) is 0 Å². The lowest BCUT2D eigenvalue weighted by atomic mass is 10.2. The Bertz CT molecular complexity index is 287. The molecular weight excluding hydrogens is 196 g/mol. The van der Waals surface area contributed by atoms with E-state index in [4.69, 9.17) is 11.6 Å². The van der Waals surface area contributed by atoms with Crippen LogP contribution in [0.3, 0.4) is 0 Å². The Hall–Kier alpha value is -0.730. The highest BCUT2D eigenvalue weighted by Gasteiger charge is 1.97. The maximum Gasteiger partial charge on any atom is 0.0426 e. The van der Waals surface area contributed by atoms with Crippen molar-refractivity contribution in [1.82, 2.24) is 5.32 Å². The van der Waals surface area contributed by atoms with E-state index in [0.717, 1.165) is 30.2 Å². The zero-order valence-electron chi connectivity index (χ0n) is 8.73. The molecule has 0 aliphatic carbocycles. The molecule has 14 heavy (non-hydrogen) atoms. The molecule has 0 radical (unpaired) electrons. The Kier molecular flexibility index (Phi) is 4.77. The van der Waals surface area contributed by atoms with Crippen molar-refractivity contribution >= 4 is 17.3 Å². The van der Waals surface area contributed by atoms with Gasteiger partial charge in [0.05, 0.1) is 0 Å². The van der Waals surface area contributed by atoms with Crippen LogP contribution in [0.4, 0.5) is 5.69 Å². The lowest BCUT2D eigenvalue weighted by Crippen LogP contribution is -2.13. The number of benzene rings is 1. The van der Waals surface area contributed by atoms with Gasteiger partial charge in [0.25, 0.3) is 0 Å². The summed E-state index contributed by atoms with van der Waals surface area (Å²) in [6, 6.07) is 5.91. The third-order valence-electron chi connectivity index (χ3n) is 2.12. The summed E-state index contributed by atoms with van der Waals surface area (Å²) in [5, 5.41) is 7.26. The fourth-order valence-electron chi connectivity index (χ4n) is 1.27. The molecule has 0 bridgehead atoms. The molecule has 0 saturated carbocycles. The molecule has 0 spiro atoms. The average molecular weight is 213 g/mol. The van der Waals surface area contributed by atoms with Gasteiger partial charge < -0.3 is 10.6 Å². The van der Waals surface area contributed by atoms with Crippen LogP contribution in [0.25, 0.3) is 0 Å². The molecule has 0 amide bonds. The molecule has 2 N–H and O–H groups in total. The molecule has 0 aliphatic rings. The number of rotatable bonds is 5. The van der Waals surface area contributed by atoms with Crippen LogP contribution in [0.1, 0.15) is 12.0 Å². The first kappa shape index (κ1) is 11.3. The molecule has 3 heteroatoms. The molecule has 0 atom stereocenters. The van der Waals surface area contributed by atoms with Crippen LogP contribution >= 0.6 is 11.6 Å². The Morgan fingerprint density at radius 2 is 2.07 bits per heavy atom. The van der Waals surface area contributed by atoms with Crippen molar-refractivity contribution in [2.45, 2.75) is 13.3 Å². The van der Waals surface area contributed by atoms with E-state index in [1.54, 1.807) is 0 Å². The second kappa shape index (κ2) is 5.89. The van der Waals surface area contributed by atoms with E-state index in [1.165, 1.54) is 5.56 Å². The summed E-state index contributed by atoms with van der Waals surface area (Å²) in [4.78, 5) is 0. The Balaban J connectivity index is 2.45. The van der Waals surface area contributed by atoms with E-state index in [-0.39, 0.29) is 0 Å². The van der Waals surface area contributed by atoms with Crippen molar-refractivity contribution in [2.24, 2.45) is 0 Å². The molecule has 0 aromatic heterocycles. The molecule has 1 aromatic rings. The minimum atomic E-state index is 0.784. The van der Waals surface area contributed by atoms with E-state index < -0.39 is 0 Å². The first-order valence-electron chi connectivity index (χ1n) is 4.88. The summed E-state index contributed by atoms with van der Waals surface area (Å²) in [5.74, 6) is 0. The predicted octanol–water partition coefficient (Wildman–Crippen LogP) is 2.67. The molecule has 1 aromatic carbocycles. The highest BCUT2D eigenvalue weighted by atomic mass is 35.5. The topological polar surface area (TPSA) is 24.1 Å². The summed E-state index contributed by atoms with van der Waals surface area (Å²) in [7, 11) is 1.96. The van der Waals surface area contributed by atoms with Crippen LogP contribution < -0.4 is 10.6 Å². The van der Waals surface area contributed by atoms with Gasteiger partial charge in [-0.3, -0.25) is 0 Å². The Labute approximate surface area is 90.7 Å². The molecule has 0 unspecified atom stereocenters. The standard InChI is InChI=1S/C11H17ClN2/c1-9-4-5-10(12)8-11(9)14-7-3-6-13-2/h4-5,8,13-14H,3,6-7H2,1-2H3. The zero-order valence-corrected chi connectivity index (χ0v) is 9.49. The van der Waals surface area contributed by atoms with Crippen molar-refractivity contribution in [3.8, 4) is 0 Å². The normalized spacial score (nSPS) is 10.2. The smallest absolute Gasteiger partial charge is 0.0426 e. The number of halogens is 1. The first-order valence-corrected chi connectivity index (χ1v) is 5.26. The minimum Gasteiger partial charge on any atom is -0.385 e. The lowest BCUT2D eigenvalue weighted by molar-refractivity contribution is 0.748. The highest BCUT2D eigenvalue weighted by molar-refractivity contribution is 6.30. The fourth-order valence-corrected chi connectivity index (χ4v) is 1.45. The monoisotopic (exact) mass is 212 g/mol. The van der Waals surface area contributed by atoms with E-state index in [2.05, 4.69) is 17.6 Å². The highest BCUT2D eigenvalue weighted by Crippen LogP contribution is 2.19. The average Bonchev–Trinajstić information content (AvgIpc) is 2.18. The van der Waals surface area contributed by atoms with Crippen LogP contribution in [-0.2, 0) is 0 Å². The lowest BCUT2D eigenvalue weighted by Gasteiger charge is -2.09. The van der Waals surface area contributed by atoms with Gasteiger partial charge >= 0.3 is 0 Å². The maximum atomic E-state index is 5.90. The van der Waals surface area contributed by atoms with Gasteiger partial charge in [-0.15, -0.1) is 0 Å². The van der Waals surface area contributed by atoms with Gasteiger partial charge in [-0.05, 0) is 44.6 Å². The largest absolute Gasteiger partial charge is 0.385 e. The number of hydrogen-bond acceptors (Lipinski definition) is 2. The third-order valence-corrected chi connectivity index (χ3v) is 2.35. The molecular formula is C11H17ClN2. The quantitative estimate of drug-likeness (QED) is 0.734. The van der Waals surface area contributed by atoms with Crippen molar-refractivity contribution in [3.05, 3.63) is 28.8 Å². The second-order valence-electron chi connectivity index (χ2n) is 3.34. The second-order valence-corrected chi connectivity index (χ2v) is 3.78. The number of aryl methyl sites for hydroxylation is 1. The van der Waals surface area contributed by atoms with Crippen LogP contribution in [0.2, 0.25) is 5.02 Å². The Morgan fingerprint density at radius 3 is 2.79 bits per heavy atom. The van der Waals surface area contributed by atoms with Crippen molar-refractivity contribution < 1.29 is 0 Å². The molecule has 78 valence electrons. The summed E-state index contributed by atoms with van der Waals surface area (Å²) >= 11 is 5.90. The van der Waals surface area contributed by atoms with E-state index in [0.29, 0.717) is 0 Å². The maximum absolute atomic E-state index is 5.90. The molecule has 1 rings (SSSR count). The SMILES string of the molecule is CNCCCNc1cc(Cl)ccc1C. The third kappa shape index (κ3) is 3.56. The van der Waals surface area contributed by atoms with E-state index in [1.807, 2.05) is 25.2 Å². The number of nitrogens with one attached hydrogen (secondary N) is 2. The van der Waals surface area contributed by atoms with Gasteiger partial charge in [0.1, 0.15) is 0 Å². The Morgan fingerprint density at radius 1 is 1.29 bits per heavy atom. The molecule has 0 fully saturated rings. The van der Waals surface area contributed by atoms with Crippen LogP contribution in [0.15, 0.2) is 18.2 Å². The molecule has 0 heterocycles. The predicted molar refractivity (Wildman–Crippen MR) is 63.2 cm³/mol. The molecule has 2 nitrogen and oxygen atoms in total. The van der Waals surface area contributed by atoms with Gasteiger partial charge in [-0.2, -0.15) is 0 Å². The minimum absolute atomic E-state index is 0.784. The number of hydrogen-bond donors (Lipinski definition) is 2. The first-order chi connectivity index (χ1) is 6.74. The van der Waals surface area contributed by atoms with Crippen LogP contribution in [-0.4, -0.2) is 20.1 Å². The number of anilines is 1. The summed E-state index contributed by atoms with van der Waals surface area (Å²) < 4.78 is 0. The van der Waals surface area contributed by atoms with Gasteiger partial charge in [-0.25, -0.2) is 0 Å². The van der Waals surface area contributed by atoms with Gasteiger partial charge in [-0.1, -0.05) is 17.7 Å². The van der Waals surface area contributed by atoms with Crippen molar-refractivity contribution in [3.63, 3.8) is 0 Å². The van der Waals surface area contributed by atoms with Gasteiger partial charge in [0, 0.05) is 17.3 Å². The summed E-state index contributed by atoms with van der Waals surface area (Å²) in [5.41, 5.74) is 2.37. The van der Waals surface area contributed by atoms with E-state index in [9.17, 15) is 0 Å². The zero-order chi connectivity index (χ0) is 10.4. The molecule has 0 aliphatic heterocycles. The van der Waals surface area contributed by atoms with Crippen LogP contribution in [0.5, 0.6) is 0 Å². The summed E-state index contributed by atoms with van der Waals surface area (Å²) in [6.45, 7) is 4.09. The van der Waals surface area contributed by atoms with Crippen molar-refractivity contribution in [2.75, 3.05) is 25.5 Å². The molecule has 0 saturated heterocycles. The van der Waals surface area contributed by atoms with Crippen LogP contribution in [0, 0.1) is 6.92 Å². The van der Waals surface area contributed by atoms with Crippen molar-refractivity contribution in [1.29, 1.82) is 0 Å². The summed E-state index contributed by atoms with van der Waals surface area (Å²) in [6.07, 6.45) is 1.11. The fraction of sp³-hybridized carbons (Fsp3) is 0.455.